The van der Waals surface area contributed by atoms with Crippen LogP contribution in [0.3, 0.4) is 0 Å². The average molecular weight is 359 g/mol. The molecule has 1 aliphatic rings. The summed E-state index contributed by atoms with van der Waals surface area (Å²) in [6, 6.07) is 1.82. The van der Waals surface area contributed by atoms with Gasteiger partial charge >= 0.3 is 0 Å². The van der Waals surface area contributed by atoms with Gasteiger partial charge in [-0.25, -0.2) is 4.68 Å². The van der Waals surface area contributed by atoms with E-state index in [4.69, 9.17) is 0 Å². The number of nitrogens with zero attached hydrogens (tertiary/aromatic N) is 6. The molecule has 2 aromatic rings. The Labute approximate surface area is 152 Å². The third kappa shape index (κ3) is 4.27. The van der Waals surface area contributed by atoms with Crippen LogP contribution in [0, 0.1) is 0 Å². The zero-order valence-corrected chi connectivity index (χ0v) is 15.3. The summed E-state index contributed by atoms with van der Waals surface area (Å²) in [5.74, 6) is 0.578. The fraction of sp³-hybridized carbons (Fsp3) is 0.588. The summed E-state index contributed by atoms with van der Waals surface area (Å²) in [6.07, 6.45) is 6.20. The standard InChI is InChI=1S/C17H25N7O2/c1-13(2)23-12-19-21-15(23)5-6-18-16(25)11-24-17(26)9-14(10-20-24)22-7-3-4-8-22/h9-10,12-13H,3-8,11H2,1-2H3,(H,18,25). The van der Waals surface area contributed by atoms with Crippen molar-refractivity contribution in [2.24, 2.45) is 0 Å². The topological polar surface area (TPSA) is 97.9 Å². The predicted octanol–water partition coefficient (Wildman–Crippen LogP) is 0.375. The lowest BCUT2D eigenvalue weighted by molar-refractivity contribution is -0.121. The molecular formula is C17H25N7O2. The summed E-state index contributed by atoms with van der Waals surface area (Å²) in [7, 11) is 0. The maximum absolute atomic E-state index is 12.2. The molecule has 1 N–H and O–H groups in total. The van der Waals surface area contributed by atoms with Gasteiger partial charge in [0, 0.05) is 38.2 Å². The van der Waals surface area contributed by atoms with Crippen molar-refractivity contribution < 1.29 is 4.79 Å². The summed E-state index contributed by atoms with van der Waals surface area (Å²) in [5, 5.41) is 14.9. The highest BCUT2D eigenvalue weighted by Crippen LogP contribution is 2.16. The SMILES string of the molecule is CC(C)n1cnnc1CCNC(=O)Cn1ncc(N2CCCC2)cc1=O. The van der Waals surface area contributed by atoms with E-state index >= 15 is 0 Å². The first-order valence-corrected chi connectivity index (χ1v) is 9.02. The van der Waals surface area contributed by atoms with Gasteiger partial charge in [0.2, 0.25) is 5.91 Å². The molecule has 0 unspecified atom stereocenters. The molecule has 0 bridgehead atoms. The second kappa shape index (κ2) is 8.11. The van der Waals surface area contributed by atoms with Gasteiger partial charge in [-0.1, -0.05) is 0 Å². The van der Waals surface area contributed by atoms with Crippen LogP contribution >= 0.6 is 0 Å². The third-order valence-corrected chi connectivity index (χ3v) is 4.49. The zero-order valence-electron chi connectivity index (χ0n) is 15.3. The van der Waals surface area contributed by atoms with Crippen LogP contribution in [-0.2, 0) is 17.8 Å². The molecule has 1 saturated heterocycles. The first-order valence-electron chi connectivity index (χ1n) is 9.02. The number of rotatable bonds is 7. The van der Waals surface area contributed by atoms with Crippen LogP contribution < -0.4 is 15.8 Å². The minimum atomic E-state index is -0.260. The van der Waals surface area contributed by atoms with E-state index in [2.05, 4.69) is 39.4 Å². The first-order chi connectivity index (χ1) is 12.5. The number of hydrogen-bond acceptors (Lipinski definition) is 6. The third-order valence-electron chi connectivity index (χ3n) is 4.49. The van der Waals surface area contributed by atoms with Crippen molar-refractivity contribution in [3.63, 3.8) is 0 Å². The maximum atomic E-state index is 12.2. The monoisotopic (exact) mass is 359 g/mol. The van der Waals surface area contributed by atoms with Gasteiger partial charge in [-0.3, -0.25) is 9.59 Å². The number of amides is 1. The summed E-state index contributed by atoms with van der Waals surface area (Å²) in [5.41, 5.74) is 0.571. The van der Waals surface area contributed by atoms with E-state index in [-0.39, 0.29) is 24.1 Å². The van der Waals surface area contributed by atoms with Gasteiger partial charge in [-0.2, -0.15) is 5.10 Å². The molecule has 3 rings (SSSR count). The molecule has 0 saturated carbocycles. The Morgan fingerprint density at radius 3 is 2.77 bits per heavy atom. The van der Waals surface area contributed by atoms with E-state index in [0.29, 0.717) is 13.0 Å². The molecule has 0 spiro atoms. The molecule has 1 amide bonds. The van der Waals surface area contributed by atoms with E-state index in [1.54, 1.807) is 18.6 Å². The Morgan fingerprint density at radius 2 is 2.08 bits per heavy atom. The molecule has 9 nitrogen and oxygen atoms in total. The quantitative estimate of drug-likeness (QED) is 0.767. The Balaban J connectivity index is 1.51. The van der Waals surface area contributed by atoms with Gasteiger partial charge in [-0.05, 0) is 26.7 Å². The molecule has 0 atom stereocenters. The number of carbonyl (C=O) groups is 1. The van der Waals surface area contributed by atoms with Crippen LogP contribution in [-0.4, -0.2) is 50.1 Å². The summed E-state index contributed by atoms with van der Waals surface area (Å²) < 4.78 is 3.15. The van der Waals surface area contributed by atoms with Crippen molar-refractivity contribution in [3.05, 3.63) is 34.8 Å². The van der Waals surface area contributed by atoms with Gasteiger partial charge in [-0.15, -0.1) is 10.2 Å². The lowest BCUT2D eigenvalue weighted by Gasteiger charge is -2.17. The molecule has 1 fully saturated rings. The van der Waals surface area contributed by atoms with Crippen LogP contribution in [0.5, 0.6) is 0 Å². The molecule has 26 heavy (non-hydrogen) atoms. The van der Waals surface area contributed by atoms with Crippen molar-refractivity contribution in [2.45, 2.75) is 45.7 Å². The number of anilines is 1. The van der Waals surface area contributed by atoms with E-state index in [1.165, 1.54) is 4.68 Å². The number of hydrogen-bond donors (Lipinski definition) is 1. The highest BCUT2D eigenvalue weighted by atomic mass is 16.2. The molecule has 140 valence electrons. The lowest BCUT2D eigenvalue weighted by atomic mass is 10.3. The maximum Gasteiger partial charge on any atom is 0.269 e. The van der Waals surface area contributed by atoms with Crippen LogP contribution in [0.15, 0.2) is 23.4 Å². The number of carbonyl (C=O) groups excluding carboxylic acids is 1. The fourth-order valence-corrected chi connectivity index (χ4v) is 3.07. The van der Waals surface area contributed by atoms with Crippen molar-refractivity contribution in [1.29, 1.82) is 0 Å². The van der Waals surface area contributed by atoms with Gasteiger partial charge in [0.05, 0.1) is 11.9 Å². The first kappa shape index (κ1) is 18.1. The van der Waals surface area contributed by atoms with Gasteiger partial charge in [0.25, 0.3) is 5.56 Å². The van der Waals surface area contributed by atoms with Crippen molar-refractivity contribution in [3.8, 4) is 0 Å². The molecule has 0 aliphatic carbocycles. The number of nitrogens with one attached hydrogen (secondary N) is 1. The fourth-order valence-electron chi connectivity index (χ4n) is 3.07. The molecular weight excluding hydrogens is 334 g/mol. The molecule has 1 aliphatic heterocycles. The Bertz CT molecular complexity index is 805. The molecule has 0 aromatic carbocycles. The van der Waals surface area contributed by atoms with Crippen LogP contribution in [0.1, 0.15) is 38.6 Å². The molecule has 0 radical (unpaired) electrons. The normalized spacial score (nSPS) is 14.2. The van der Waals surface area contributed by atoms with E-state index in [0.717, 1.165) is 37.4 Å². The van der Waals surface area contributed by atoms with Crippen LogP contribution in [0.4, 0.5) is 5.69 Å². The summed E-state index contributed by atoms with van der Waals surface area (Å²) in [4.78, 5) is 26.4. The highest BCUT2D eigenvalue weighted by molar-refractivity contribution is 5.75. The van der Waals surface area contributed by atoms with Crippen molar-refractivity contribution >= 4 is 11.6 Å². The highest BCUT2D eigenvalue weighted by Gasteiger charge is 2.14. The van der Waals surface area contributed by atoms with Gasteiger partial charge in [0.1, 0.15) is 18.7 Å². The second-order valence-electron chi connectivity index (χ2n) is 6.75. The predicted molar refractivity (Wildman–Crippen MR) is 97.1 cm³/mol. The Kier molecular flexibility index (Phi) is 5.65. The second-order valence-corrected chi connectivity index (χ2v) is 6.75. The van der Waals surface area contributed by atoms with Gasteiger partial charge < -0.3 is 14.8 Å². The van der Waals surface area contributed by atoms with E-state index in [1.807, 2.05) is 4.57 Å². The van der Waals surface area contributed by atoms with Gasteiger partial charge in [0.15, 0.2) is 0 Å². The lowest BCUT2D eigenvalue weighted by Crippen LogP contribution is -2.35. The summed E-state index contributed by atoms with van der Waals surface area (Å²) in [6.45, 7) is 6.35. The van der Waals surface area contributed by atoms with E-state index < -0.39 is 0 Å². The summed E-state index contributed by atoms with van der Waals surface area (Å²) >= 11 is 0. The smallest absolute Gasteiger partial charge is 0.269 e. The van der Waals surface area contributed by atoms with Crippen LogP contribution in [0.25, 0.3) is 0 Å². The average Bonchev–Trinajstić information content (AvgIpc) is 3.28. The zero-order chi connectivity index (χ0) is 18.5. The Morgan fingerprint density at radius 1 is 1.31 bits per heavy atom. The minimum absolute atomic E-state index is 0.0873. The molecule has 9 heteroatoms. The van der Waals surface area contributed by atoms with Crippen molar-refractivity contribution in [1.82, 2.24) is 29.9 Å². The number of aromatic nitrogens is 5. The van der Waals surface area contributed by atoms with Crippen molar-refractivity contribution in [2.75, 3.05) is 24.5 Å². The van der Waals surface area contributed by atoms with E-state index in [9.17, 15) is 9.59 Å². The minimum Gasteiger partial charge on any atom is -0.370 e. The molecule has 2 aromatic heterocycles. The largest absolute Gasteiger partial charge is 0.370 e. The Hall–Kier alpha value is -2.71. The van der Waals surface area contributed by atoms with Crippen LogP contribution in [0.2, 0.25) is 0 Å². The molecule has 3 heterocycles.